The molecule has 1 aliphatic rings. The first-order valence-electron chi connectivity index (χ1n) is 7.62. The molecule has 0 unspecified atom stereocenters. The molecule has 0 atom stereocenters. The molecule has 0 radical (unpaired) electrons. The van der Waals surface area contributed by atoms with Gasteiger partial charge in [-0.05, 0) is 37.3 Å². The SMILES string of the molecule is CNC(=O)/C(C=N)=C1C=C(/C(=C/C=N)Nc2cccc(C)n2)C=CN\1. The maximum atomic E-state index is 11.9. The van der Waals surface area contributed by atoms with Gasteiger partial charge in [-0.2, -0.15) is 0 Å². The number of likely N-dealkylation sites (N-methyl/N-ethyl adjacent to an activating group) is 1. The van der Waals surface area contributed by atoms with E-state index in [2.05, 4.69) is 20.9 Å². The third-order valence-electron chi connectivity index (χ3n) is 3.42. The van der Waals surface area contributed by atoms with Gasteiger partial charge in [0.15, 0.2) is 0 Å². The lowest BCUT2D eigenvalue weighted by atomic mass is 10.0. The molecule has 5 N–H and O–H groups in total. The smallest absolute Gasteiger partial charge is 0.254 e. The molecule has 1 aromatic heterocycles. The predicted octanol–water partition coefficient (Wildman–Crippen LogP) is 2.03. The molecule has 7 nitrogen and oxygen atoms in total. The second-order valence-electron chi connectivity index (χ2n) is 5.16. The van der Waals surface area contributed by atoms with Crippen LogP contribution in [0.4, 0.5) is 5.82 Å². The maximum Gasteiger partial charge on any atom is 0.254 e. The number of carbonyl (C=O) groups is 1. The van der Waals surface area contributed by atoms with Gasteiger partial charge in [0, 0.05) is 42.6 Å². The van der Waals surface area contributed by atoms with Crippen molar-refractivity contribution in [2.24, 2.45) is 0 Å². The van der Waals surface area contributed by atoms with Gasteiger partial charge in [-0.15, -0.1) is 0 Å². The Morgan fingerprint density at radius 1 is 1.32 bits per heavy atom. The topological polar surface area (TPSA) is 114 Å². The van der Waals surface area contributed by atoms with E-state index in [-0.39, 0.29) is 11.5 Å². The van der Waals surface area contributed by atoms with E-state index < -0.39 is 0 Å². The van der Waals surface area contributed by atoms with Crippen LogP contribution in [0.2, 0.25) is 0 Å². The van der Waals surface area contributed by atoms with Crippen molar-refractivity contribution >= 4 is 24.2 Å². The molecule has 0 bridgehead atoms. The van der Waals surface area contributed by atoms with Crippen LogP contribution in [0.5, 0.6) is 0 Å². The maximum absolute atomic E-state index is 11.9. The quantitative estimate of drug-likeness (QED) is 0.404. The molecule has 2 rings (SSSR count). The Balaban J connectivity index is 2.40. The molecule has 2 heterocycles. The first-order chi connectivity index (χ1) is 12.1. The minimum atomic E-state index is -0.353. The van der Waals surface area contributed by atoms with Crippen LogP contribution in [0.25, 0.3) is 0 Å². The Morgan fingerprint density at radius 3 is 2.76 bits per heavy atom. The lowest BCUT2D eigenvalue weighted by molar-refractivity contribution is -0.116. The summed E-state index contributed by atoms with van der Waals surface area (Å²) in [6.07, 6.45) is 9.02. The summed E-state index contributed by atoms with van der Waals surface area (Å²) >= 11 is 0. The van der Waals surface area contributed by atoms with Crippen molar-refractivity contribution in [3.05, 3.63) is 70.9 Å². The van der Waals surface area contributed by atoms with E-state index in [1.54, 1.807) is 18.4 Å². The molecule has 1 aromatic rings. The van der Waals surface area contributed by atoms with Gasteiger partial charge < -0.3 is 26.8 Å². The monoisotopic (exact) mass is 336 g/mol. The van der Waals surface area contributed by atoms with Crippen LogP contribution in [0, 0.1) is 17.7 Å². The van der Waals surface area contributed by atoms with Crippen molar-refractivity contribution in [3.8, 4) is 0 Å². The Hall–Kier alpha value is -3.48. The summed E-state index contributed by atoms with van der Waals surface area (Å²) in [6, 6.07) is 5.62. The van der Waals surface area contributed by atoms with Crippen molar-refractivity contribution in [1.82, 2.24) is 15.6 Å². The van der Waals surface area contributed by atoms with E-state index in [0.29, 0.717) is 17.2 Å². The van der Waals surface area contributed by atoms with Crippen molar-refractivity contribution in [2.45, 2.75) is 6.92 Å². The minimum Gasteiger partial charge on any atom is -0.361 e. The van der Waals surface area contributed by atoms with Crippen LogP contribution in [-0.2, 0) is 4.79 Å². The summed E-state index contributed by atoms with van der Waals surface area (Å²) in [5, 5.41) is 23.5. The molecule has 1 amide bonds. The second-order valence-corrected chi connectivity index (χ2v) is 5.16. The summed E-state index contributed by atoms with van der Waals surface area (Å²) in [4.78, 5) is 16.3. The average molecular weight is 336 g/mol. The number of nitrogens with one attached hydrogen (secondary N) is 5. The van der Waals surface area contributed by atoms with E-state index >= 15 is 0 Å². The Kier molecular flexibility index (Phi) is 6.00. The number of hydrogen-bond acceptors (Lipinski definition) is 6. The summed E-state index contributed by atoms with van der Waals surface area (Å²) in [7, 11) is 1.51. The second kappa shape index (κ2) is 8.39. The zero-order chi connectivity index (χ0) is 18.2. The van der Waals surface area contributed by atoms with E-state index in [1.165, 1.54) is 13.3 Å². The van der Waals surface area contributed by atoms with Gasteiger partial charge in [0.05, 0.1) is 11.3 Å². The number of carbonyl (C=O) groups excluding carboxylic acids is 1. The van der Waals surface area contributed by atoms with E-state index in [9.17, 15) is 4.79 Å². The first-order valence-corrected chi connectivity index (χ1v) is 7.62. The highest BCUT2D eigenvalue weighted by Crippen LogP contribution is 2.20. The van der Waals surface area contributed by atoms with Crippen LogP contribution >= 0.6 is 0 Å². The van der Waals surface area contributed by atoms with E-state index in [1.807, 2.05) is 31.2 Å². The van der Waals surface area contributed by atoms with E-state index in [0.717, 1.165) is 17.5 Å². The van der Waals surface area contributed by atoms with E-state index in [4.69, 9.17) is 10.8 Å². The Labute approximate surface area is 146 Å². The molecular weight excluding hydrogens is 316 g/mol. The average Bonchev–Trinajstić information content (AvgIpc) is 2.62. The highest BCUT2D eigenvalue weighted by molar-refractivity contribution is 6.12. The third kappa shape index (κ3) is 4.51. The van der Waals surface area contributed by atoms with Gasteiger partial charge >= 0.3 is 0 Å². The molecular formula is C18H20N6O. The number of anilines is 1. The van der Waals surface area contributed by atoms with Gasteiger partial charge in [-0.1, -0.05) is 6.07 Å². The van der Waals surface area contributed by atoms with Gasteiger partial charge in [0.25, 0.3) is 5.91 Å². The number of hydrogen-bond donors (Lipinski definition) is 5. The zero-order valence-electron chi connectivity index (χ0n) is 14.1. The van der Waals surface area contributed by atoms with Gasteiger partial charge in [-0.25, -0.2) is 4.98 Å². The van der Waals surface area contributed by atoms with Crippen molar-refractivity contribution in [3.63, 3.8) is 0 Å². The van der Waals surface area contributed by atoms with Crippen LogP contribution in [0.15, 0.2) is 65.2 Å². The van der Waals surface area contributed by atoms with Crippen LogP contribution in [0.1, 0.15) is 5.69 Å². The highest BCUT2D eigenvalue weighted by atomic mass is 16.1. The predicted molar refractivity (Wildman–Crippen MR) is 99.7 cm³/mol. The van der Waals surface area contributed by atoms with Crippen LogP contribution < -0.4 is 16.0 Å². The van der Waals surface area contributed by atoms with Gasteiger partial charge in [0.1, 0.15) is 5.82 Å². The number of amides is 1. The van der Waals surface area contributed by atoms with Crippen LogP contribution in [0.3, 0.4) is 0 Å². The molecule has 0 aliphatic carbocycles. The summed E-state index contributed by atoms with van der Waals surface area (Å²) in [5.74, 6) is 0.305. The zero-order valence-corrected chi connectivity index (χ0v) is 14.1. The fraction of sp³-hybridized carbons (Fsp3) is 0.111. The lowest BCUT2D eigenvalue weighted by Crippen LogP contribution is -2.25. The first kappa shape index (κ1) is 17.9. The Morgan fingerprint density at radius 2 is 2.12 bits per heavy atom. The van der Waals surface area contributed by atoms with Gasteiger partial charge in [-0.3, -0.25) is 4.79 Å². The van der Waals surface area contributed by atoms with Crippen LogP contribution in [-0.4, -0.2) is 30.4 Å². The number of aryl methyl sites for hydroxylation is 1. The summed E-state index contributed by atoms with van der Waals surface area (Å²) in [6.45, 7) is 1.90. The molecule has 128 valence electrons. The number of dihydropyridines is 1. The van der Waals surface area contributed by atoms with Crippen molar-refractivity contribution in [2.75, 3.05) is 12.4 Å². The number of nitrogens with zero attached hydrogens (tertiary/aromatic N) is 1. The number of aromatic nitrogens is 1. The lowest BCUT2D eigenvalue weighted by Gasteiger charge is -2.17. The molecule has 0 fully saturated rings. The summed E-state index contributed by atoms with van der Waals surface area (Å²) < 4.78 is 0. The third-order valence-corrected chi connectivity index (χ3v) is 3.42. The normalized spacial score (nSPS) is 15.6. The molecule has 0 saturated carbocycles. The fourth-order valence-corrected chi connectivity index (χ4v) is 2.23. The molecule has 1 aliphatic heterocycles. The number of pyridine rings is 1. The number of allylic oxidation sites excluding steroid dienone is 3. The fourth-order valence-electron chi connectivity index (χ4n) is 2.23. The minimum absolute atomic E-state index is 0.215. The molecule has 7 heteroatoms. The molecule has 0 saturated heterocycles. The highest BCUT2D eigenvalue weighted by Gasteiger charge is 2.14. The van der Waals surface area contributed by atoms with Crippen molar-refractivity contribution < 1.29 is 4.79 Å². The molecule has 25 heavy (non-hydrogen) atoms. The summed E-state index contributed by atoms with van der Waals surface area (Å²) in [5.41, 5.74) is 3.00. The largest absolute Gasteiger partial charge is 0.361 e. The molecule has 0 spiro atoms. The standard InChI is InChI=1S/C18H20N6O/c1-12-4-3-5-17(23-12)24-15(6-8-19)13-7-9-22-16(10-13)14(11-20)18(25)21-2/h3-11,19-20,22H,1-2H3,(H,21,25)(H,23,24)/b15-6-,16-14+,19-8?,20-11?. The van der Waals surface area contributed by atoms with Crippen molar-refractivity contribution in [1.29, 1.82) is 10.8 Å². The molecule has 0 aromatic carbocycles. The van der Waals surface area contributed by atoms with Gasteiger partial charge in [0.2, 0.25) is 0 Å². The number of rotatable bonds is 6. The Bertz CT molecular complexity index is 817.